The molecule has 2 N–H and O–H groups in total. The van der Waals surface area contributed by atoms with Gasteiger partial charge >= 0.3 is 6.03 Å². The Kier molecular flexibility index (Phi) is 5.43. The van der Waals surface area contributed by atoms with Gasteiger partial charge in [0.25, 0.3) is 0 Å². The van der Waals surface area contributed by atoms with Gasteiger partial charge in [-0.15, -0.1) is 0 Å². The van der Waals surface area contributed by atoms with Gasteiger partial charge < -0.3 is 15.0 Å². The van der Waals surface area contributed by atoms with Gasteiger partial charge in [-0.1, -0.05) is 12.1 Å². The predicted octanol–water partition coefficient (Wildman–Crippen LogP) is 4.49. The molecule has 2 amide bonds. The van der Waals surface area contributed by atoms with Crippen LogP contribution < -0.4 is 10.1 Å². The summed E-state index contributed by atoms with van der Waals surface area (Å²) in [6.07, 6.45) is 3.60. The Labute approximate surface area is 168 Å². The highest BCUT2D eigenvalue weighted by Crippen LogP contribution is 2.28. The Morgan fingerprint density at radius 1 is 1.14 bits per heavy atom. The summed E-state index contributed by atoms with van der Waals surface area (Å²) in [6.45, 7) is 1.42. The number of para-hydroxylation sites is 1. The number of rotatable bonds is 4. The van der Waals surface area contributed by atoms with Crippen molar-refractivity contribution in [3.05, 3.63) is 72.1 Å². The zero-order valence-corrected chi connectivity index (χ0v) is 15.8. The van der Waals surface area contributed by atoms with Crippen LogP contribution in [0.15, 0.2) is 60.8 Å². The van der Waals surface area contributed by atoms with E-state index in [0.29, 0.717) is 41.8 Å². The average Bonchev–Trinajstić information content (AvgIpc) is 3.30. The van der Waals surface area contributed by atoms with Crippen molar-refractivity contribution in [1.29, 1.82) is 5.26 Å². The van der Waals surface area contributed by atoms with Gasteiger partial charge in [0.1, 0.15) is 17.6 Å². The lowest BCUT2D eigenvalue weighted by atomic mass is 9.94. The summed E-state index contributed by atoms with van der Waals surface area (Å²) in [5.74, 6) is 1.53. The third-order valence-electron chi connectivity index (χ3n) is 5.09. The Morgan fingerprint density at radius 2 is 1.90 bits per heavy atom. The molecule has 1 aliphatic heterocycles. The van der Waals surface area contributed by atoms with E-state index in [1.807, 2.05) is 17.0 Å². The van der Waals surface area contributed by atoms with E-state index in [-0.39, 0.29) is 6.03 Å². The molecule has 1 saturated heterocycles. The number of aromatic nitrogens is 2. The second-order valence-electron chi connectivity index (χ2n) is 6.94. The van der Waals surface area contributed by atoms with E-state index in [1.54, 1.807) is 48.7 Å². The third kappa shape index (κ3) is 4.38. The molecule has 0 radical (unpaired) electrons. The number of hydrogen-bond donors (Lipinski definition) is 2. The zero-order chi connectivity index (χ0) is 20.1. The van der Waals surface area contributed by atoms with Crippen molar-refractivity contribution >= 4 is 11.7 Å². The minimum absolute atomic E-state index is 0.100. The molecule has 0 unspecified atom stereocenters. The van der Waals surface area contributed by atoms with E-state index in [2.05, 4.69) is 21.6 Å². The van der Waals surface area contributed by atoms with Gasteiger partial charge in [-0.2, -0.15) is 10.4 Å². The Morgan fingerprint density at radius 3 is 2.59 bits per heavy atom. The van der Waals surface area contributed by atoms with Crippen molar-refractivity contribution in [2.24, 2.45) is 0 Å². The monoisotopic (exact) mass is 387 g/mol. The van der Waals surface area contributed by atoms with Gasteiger partial charge in [-0.3, -0.25) is 5.10 Å². The molecule has 0 saturated carbocycles. The highest BCUT2D eigenvalue weighted by Gasteiger charge is 2.24. The maximum atomic E-state index is 12.5. The highest BCUT2D eigenvalue weighted by atomic mass is 16.5. The Hall–Kier alpha value is -3.79. The van der Waals surface area contributed by atoms with Gasteiger partial charge in [0.15, 0.2) is 0 Å². The number of anilines is 1. The summed E-state index contributed by atoms with van der Waals surface area (Å²) in [5, 5.41) is 19.1. The van der Waals surface area contributed by atoms with Crippen molar-refractivity contribution in [1.82, 2.24) is 15.1 Å². The number of carbonyl (C=O) groups excluding carboxylic acids is 1. The highest BCUT2D eigenvalue weighted by molar-refractivity contribution is 5.89. The molecule has 146 valence electrons. The molecule has 7 nitrogen and oxygen atoms in total. The molecule has 0 spiro atoms. The number of H-pyrrole nitrogens is 1. The second-order valence-corrected chi connectivity index (χ2v) is 6.94. The predicted molar refractivity (Wildman–Crippen MR) is 109 cm³/mol. The normalized spacial score (nSPS) is 14.2. The van der Waals surface area contributed by atoms with Crippen LogP contribution in [-0.2, 0) is 0 Å². The fourth-order valence-corrected chi connectivity index (χ4v) is 3.47. The van der Waals surface area contributed by atoms with E-state index < -0.39 is 0 Å². The molecule has 4 rings (SSSR count). The Bertz CT molecular complexity index is 1000. The van der Waals surface area contributed by atoms with Crippen LogP contribution in [0.1, 0.15) is 30.0 Å². The molecule has 0 aliphatic carbocycles. The van der Waals surface area contributed by atoms with E-state index >= 15 is 0 Å². The summed E-state index contributed by atoms with van der Waals surface area (Å²) < 4.78 is 5.77. The first-order valence-electron chi connectivity index (χ1n) is 9.55. The second kappa shape index (κ2) is 8.48. The van der Waals surface area contributed by atoms with Crippen molar-refractivity contribution in [2.45, 2.75) is 18.8 Å². The average molecular weight is 387 g/mol. The fourth-order valence-electron chi connectivity index (χ4n) is 3.47. The number of nitriles is 1. The maximum Gasteiger partial charge on any atom is 0.321 e. The zero-order valence-electron chi connectivity index (χ0n) is 15.8. The fraction of sp³-hybridized carbons (Fsp3) is 0.227. The molecule has 1 aromatic heterocycles. The standard InChI is InChI=1S/C22H21N5O2/c23-15-17-3-1-2-4-21(17)29-19-7-5-18(6-8-19)25-22(28)27-13-10-16(11-14-27)20-9-12-24-26-20/h1-9,12,16H,10-11,13-14H2,(H,24,26)(H,25,28). The number of benzene rings is 2. The van der Waals surface area contributed by atoms with Crippen LogP contribution in [0.25, 0.3) is 0 Å². The summed E-state index contributed by atoms with van der Waals surface area (Å²) in [7, 11) is 0. The van der Waals surface area contributed by atoms with Crippen LogP contribution in [-0.4, -0.2) is 34.2 Å². The number of hydrogen-bond acceptors (Lipinski definition) is 4. The summed E-state index contributed by atoms with van der Waals surface area (Å²) in [6, 6.07) is 18.2. The molecule has 7 heteroatoms. The number of nitrogens with zero attached hydrogens (tertiary/aromatic N) is 3. The minimum Gasteiger partial charge on any atom is -0.456 e. The lowest BCUT2D eigenvalue weighted by Crippen LogP contribution is -2.40. The largest absolute Gasteiger partial charge is 0.456 e. The first-order chi connectivity index (χ1) is 14.2. The molecule has 0 atom stereocenters. The number of piperidine rings is 1. The number of aromatic amines is 1. The van der Waals surface area contributed by atoms with Crippen LogP contribution in [0.2, 0.25) is 0 Å². The van der Waals surface area contributed by atoms with Crippen molar-refractivity contribution in [3.8, 4) is 17.6 Å². The molecule has 3 aromatic rings. The molecular weight excluding hydrogens is 366 g/mol. The molecule has 0 bridgehead atoms. The van der Waals surface area contributed by atoms with E-state index in [0.717, 1.165) is 18.5 Å². The summed E-state index contributed by atoms with van der Waals surface area (Å²) in [5.41, 5.74) is 2.31. The molecule has 29 heavy (non-hydrogen) atoms. The minimum atomic E-state index is -0.100. The molecule has 2 heterocycles. The summed E-state index contributed by atoms with van der Waals surface area (Å²) in [4.78, 5) is 14.4. The van der Waals surface area contributed by atoms with Crippen molar-refractivity contribution in [3.63, 3.8) is 0 Å². The quantitative estimate of drug-likeness (QED) is 0.690. The number of likely N-dealkylation sites (tertiary alicyclic amines) is 1. The lowest BCUT2D eigenvalue weighted by Gasteiger charge is -2.31. The van der Waals surface area contributed by atoms with Crippen LogP contribution in [0.3, 0.4) is 0 Å². The van der Waals surface area contributed by atoms with Crippen LogP contribution in [0.5, 0.6) is 11.5 Å². The van der Waals surface area contributed by atoms with Crippen molar-refractivity contribution < 1.29 is 9.53 Å². The van der Waals surface area contributed by atoms with Gasteiger partial charge in [0.2, 0.25) is 0 Å². The van der Waals surface area contributed by atoms with Gasteiger partial charge in [-0.25, -0.2) is 4.79 Å². The molecular formula is C22H21N5O2. The number of nitrogens with one attached hydrogen (secondary N) is 2. The summed E-state index contributed by atoms with van der Waals surface area (Å²) >= 11 is 0. The van der Waals surface area contributed by atoms with E-state index in [4.69, 9.17) is 10.00 Å². The maximum absolute atomic E-state index is 12.5. The number of amides is 2. The van der Waals surface area contributed by atoms with E-state index in [1.165, 1.54) is 0 Å². The van der Waals surface area contributed by atoms with Crippen LogP contribution in [0, 0.1) is 11.3 Å². The number of urea groups is 1. The SMILES string of the molecule is N#Cc1ccccc1Oc1ccc(NC(=O)N2CCC(c3ccn[nH]3)CC2)cc1. The Balaban J connectivity index is 1.32. The van der Waals surface area contributed by atoms with Crippen LogP contribution >= 0.6 is 0 Å². The van der Waals surface area contributed by atoms with Crippen molar-refractivity contribution in [2.75, 3.05) is 18.4 Å². The van der Waals surface area contributed by atoms with Gasteiger partial charge in [0.05, 0.1) is 5.56 Å². The van der Waals surface area contributed by atoms with Gasteiger partial charge in [-0.05, 0) is 55.3 Å². The molecule has 1 aliphatic rings. The molecule has 1 fully saturated rings. The third-order valence-corrected chi connectivity index (χ3v) is 5.09. The van der Waals surface area contributed by atoms with Gasteiger partial charge in [0, 0.05) is 36.6 Å². The first kappa shape index (κ1) is 18.6. The molecule has 2 aromatic carbocycles. The lowest BCUT2D eigenvalue weighted by molar-refractivity contribution is 0.194. The van der Waals surface area contributed by atoms with Crippen LogP contribution in [0.4, 0.5) is 10.5 Å². The first-order valence-corrected chi connectivity index (χ1v) is 9.55. The number of ether oxygens (including phenoxy) is 1. The van der Waals surface area contributed by atoms with E-state index in [9.17, 15) is 4.79 Å². The topological polar surface area (TPSA) is 94.0 Å². The number of carbonyl (C=O) groups is 1. The smallest absolute Gasteiger partial charge is 0.321 e.